The fraction of sp³-hybridized carbons (Fsp3) is 0.286. The van der Waals surface area contributed by atoms with E-state index in [9.17, 15) is 14.0 Å². The Balaban J connectivity index is 2.40. The Kier molecular flexibility index (Phi) is 4.02. The van der Waals surface area contributed by atoms with Crippen LogP contribution >= 0.6 is 0 Å². The summed E-state index contributed by atoms with van der Waals surface area (Å²) < 4.78 is 22.4. The quantitative estimate of drug-likeness (QED) is 0.618. The Bertz CT molecular complexity index is 583. The maximum atomic E-state index is 13.2. The van der Waals surface area contributed by atoms with E-state index in [1.807, 2.05) is 0 Å². The lowest BCUT2D eigenvalue weighted by atomic mass is 10.1. The van der Waals surface area contributed by atoms with Crippen molar-refractivity contribution in [3.05, 3.63) is 41.4 Å². The lowest BCUT2D eigenvalue weighted by Gasteiger charge is -2.20. The van der Waals surface area contributed by atoms with Crippen LogP contribution < -0.4 is 4.90 Å². The van der Waals surface area contributed by atoms with Gasteiger partial charge in [-0.15, -0.1) is 0 Å². The molecule has 1 heterocycles. The van der Waals surface area contributed by atoms with Crippen molar-refractivity contribution in [2.45, 2.75) is 6.42 Å². The van der Waals surface area contributed by atoms with E-state index < -0.39 is 11.9 Å². The average molecular weight is 279 g/mol. The van der Waals surface area contributed by atoms with Crippen LogP contribution in [0.2, 0.25) is 0 Å². The summed E-state index contributed by atoms with van der Waals surface area (Å²) in [7, 11) is 2.45. The highest BCUT2D eigenvalue weighted by Gasteiger charge is 2.27. The van der Waals surface area contributed by atoms with E-state index in [0.29, 0.717) is 18.7 Å². The highest BCUT2D eigenvalue weighted by atomic mass is 19.1. The summed E-state index contributed by atoms with van der Waals surface area (Å²) >= 11 is 0. The number of hydrogen-bond donors (Lipinski definition) is 0. The van der Waals surface area contributed by atoms with E-state index >= 15 is 0 Å². The van der Waals surface area contributed by atoms with E-state index in [0.717, 1.165) is 11.6 Å². The molecule has 6 heteroatoms. The summed E-state index contributed by atoms with van der Waals surface area (Å²) in [5.74, 6) is -1.63. The van der Waals surface area contributed by atoms with Crippen molar-refractivity contribution in [1.29, 1.82) is 0 Å². The summed E-state index contributed by atoms with van der Waals surface area (Å²) in [6.45, 7) is 0.469. The SMILES string of the molecule is COC(=O)/C=C(\C(=O)OC)N1CCc2cc(F)ccc21. The summed E-state index contributed by atoms with van der Waals surface area (Å²) in [6, 6.07) is 4.30. The molecule has 1 aromatic rings. The predicted octanol–water partition coefficient (Wildman–Crippen LogP) is 1.42. The molecule has 0 spiro atoms. The molecule has 0 N–H and O–H groups in total. The van der Waals surface area contributed by atoms with Crippen LogP contribution in [-0.2, 0) is 25.5 Å². The third-order valence-electron chi connectivity index (χ3n) is 3.08. The number of anilines is 1. The highest BCUT2D eigenvalue weighted by molar-refractivity contribution is 5.99. The second-order valence-corrected chi connectivity index (χ2v) is 4.22. The Hall–Kier alpha value is -2.37. The van der Waals surface area contributed by atoms with Gasteiger partial charge in [-0.05, 0) is 30.2 Å². The number of nitrogens with zero attached hydrogens (tertiary/aromatic N) is 1. The van der Waals surface area contributed by atoms with Crippen molar-refractivity contribution in [3.8, 4) is 0 Å². The molecule has 1 aromatic carbocycles. The highest BCUT2D eigenvalue weighted by Crippen LogP contribution is 2.31. The fourth-order valence-electron chi connectivity index (χ4n) is 2.14. The van der Waals surface area contributed by atoms with Crippen molar-refractivity contribution in [2.75, 3.05) is 25.7 Å². The molecule has 0 radical (unpaired) electrons. The molecule has 2 rings (SSSR count). The topological polar surface area (TPSA) is 55.8 Å². The van der Waals surface area contributed by atoms with Crippen molar-refractivity contribution >= 4 is 17.6 Å². The van der Waals surface area contributed by atoms with Gasteiger partial charge in [0, 0.05) is 12.2 Å². The second kappa shape index (κ2) is 5.73. The minimum absolute atomic E-state index is 0.0738. The van der Waals surface area contributed by atoms with E-state index in [1.165, 1.54) is 26.4 Å². The Labute approximate surface area is 115 Å². The van der Waals surface area contributed by atoms with E-state index in [1.54, 1.807) is 11.0 Å². The second-order valence-electron chi connectivity index (χ2n) is 4.22. The first-order chi connectivity index (χ1) is 9.56. The first-order valence-electron chi connectivity index (χ1n) is 6.00. The molecule has 1 aliphatic rings. The maximum absolute atomic E-state index is 13.2. The first-order valence-corrected chi connectivity index (χ1v) is 6.00. The fourth-order valence-corrected chi connectivity index (χ4v) is 2.14. The van der Waals surface area contributed by atoms with Gasteiger partial charge in [-0.1, -0.05) is 0 Å². The van der Waals surface area contributed by atoms with Crippen LogP contribution in [0.3, 0.4) is 0 Å². The third kappa shape index (κ3) is 2.64. The van der Waals surface area contributed by atoms with Gasteiger partial charge in [0.2, 0.25) is 0 Å². The lowest BCUT2D eigenvalue weighted by Crippen LogP contribution is -2.27. The van der Waals surface area contributed by atoms with Crippen molar-refractivity contribution in [1.82, 2.24) is 0 Å². The molecule has 0 bridgehead atoms. The Morgan fingerprint density at radius 1 is 1.30 bits per heavy atom. The van der Waals surface area contributed by atoms with Gasteiger partial charge in [-0.3, -0.25) is 0 Å². The number of rotatable bonds is 3. The summed E-state index contributed by atoms with van der Waals surface area (Å²) in [4.78, 5) is 24.8. The molecule has 0 fully saturated rings. The first kappa shape index (κ1) is 14.0. The normalized spacial score (nSPS) is 13.9. The van der Waals surface area contributed by atoms with Crippen LogP contribution in [-0.4, -0.2) is 32.7 Å². The molecule has 0 amide bonds. The van der Waals surface area contributed by atoms with Crippen LogP contribution in [0.4, 0.5) is 10.1 Å². The van der Waals surface area contributed by atoms with Gasteiger partial charge in [-0.25, -0.2) is 14.0 Å². The number of ether oxygens (including phenoxy) is 2. The average Bonchev–Trinajstić information content (AvgIpc) is 2.86. The van der Waals surface area contributed by atoms with Gasteiger partial charge < -0.3 is 14.4 Å². The molecule has 0 saturated heterocycles. The monoisotopic (exact) mass is 279 g/mol. The van der Waals surface area contributed by atoms with Gasteiger partial charge in [0.05, 0.1) is 20.3 Å². The molecule has 0 unspecified atom stereocenters. The van der Waals surface area contributed by atoms with Crippen LogP contribution in [0.25, 0.3) is 0 Å². The van der Waals surface area contributed by atoms with Crippen LogP contribution in [0.15, 0.2) is 30.0 Å². The summed E-state index contributed by atoms with van der Waals surface area (Å²) in [6.07, 6.45) is 1.66. The zero-order valence-corrected chi connectivity index (χ0v) is 11.2. The minimum Gasteiger partial charge on any atom is -0.466 e. The molecular weight excluding hydrogens is 265 g/mol. The number of halogens is 1. The van der Waals surface area contributed by atoms with Gasteiger partial charge in [-0.2, -0.15) is 0 Å². The Morgan fingerprint density at radius 2 is 2.05 bits per heavy atom. The summed E-state index contributed by atoms with van der Waals surface area (Å²) in [5, 5.41) is 0. The number of benzene rings is 1. The van der Waals surface area contributed by atoms with E-state index in [-0.39, 0.29) is 11.5 Å². The van der Waals surface area contributed by atoms with Gasteiger partial charge in [0.25, 0.3) is 0 Å². The van der Waals surface area contributed by atoms with Gasteiger partial charge >= 0.3 is 11.9 Å². The van der Waals surface area contributed by atoms with Crippen molar-refractivity contribution in [3.63, 3.8) is 0 Å². The van der Waals surface area contributed by atoms with Crippen molar-refractivity contribution in [2.24, 2.45) is 0 Å². The summed E-state index contributed by atoms with van der Waals surface area (Å²) in [5.41, 5.74) is 1.54. The molecule has 5 nitrogen and oxygen atoms in total. The molecule has 0 aliphatic carbocycles. The standard InChI is InChI=1S/C14H14FNO4/c1-19-13(17)8-12(14(18)20-2)16-6-5-9-7-10(15)3-4-11(9)16/h3-4,7-8H,5-6H2,1-2H3/b12-8+. The van der Waals surface area contributed by atoms with E-state index in [2.05, 4.69) is 9.47 Å². The molecule has 20 heavy (non-hydrogen) atoms. The van der Waals surface area contributed by atoms with Gasteiger partial charge in [0.1, 0.15) is 11.5 Å². The molecule has 1 aliphatic heterocycles. The number of carbonyl (C=O) groups excluding carboxylic acids is 2. The molecule has 0 atom stereocenters. The molecule has 0 aromatic heterocycles. The molecule has 0 saturated carbocycles. The largest absolute Gasteiger partial charge is 0.466 e. The van der Waals surface area contributed by atoms with E-state index in [4.69, 9.17) is 0 Å². The minimum atomic E-state index is -0.652. The predicted molar refractivity (Wildman–Crippen MR) is 69.6 cm³/mol. The number of hydrogen-bond acceptors (Lipinski definition) is 5. The zero-order chi connectivity index (χ0) is 14.7. The number of carbonyl (C=O) groups is 2. The van der Waals surface area contributed by atoms with Crippen LogP contribution in [0.1, 0.15) is 5.56 Å². The lowest BCUT2D eigenvalue weighted by molar-refractivity contribution is -0.138. The molecule has 106 valence electrons. The number of methoxy groups -OCH3 is 2. The number of fused-ring (bicyclic) bond motifs is 1. The zero-order valence-electron chi connectivity index (χ0n) is 11.2. The Morgan fingerprint density at radius 3 is 2.70 bits per heavy atom. The smallest absolute Gasteiger partial charge is 0.354 e. The van der Waals surface area contributed by atoms with Crippen LogP contribution in [0.5, 0.6) is 0 Å². The molecular formula is C14H14FNO4. The van der Waals surface area contributed by atoms with Gasteiger partial charge in [0.15, 0.2) is 0 Å². The maximum Gasteiger partial charge on any atom is 0.354 e. The van der Waals surface area contributed by atoms with Crippen molar-refractivity contribution < 1.29 is 23.5 Å². The van der Waals surface area contributed by atoms with Crippen LogP contribution in [0, 0.1) is 5.82 Å². The third-order valence-corrected chi connectivity index (χ3v) is 3.08. The number of esters is 2.